The van der Waals surface area contributed by atoms with Crippen molar-refractivity contribution in [2.45, 2.75) is 20.3 Å². The minimum Gasteiger partial charge on any atom is -0.481 e. The first kappa shape index (κ1) is 9.78. The third-order valence-electron chi connectivity index (χ3n) is 1.77. The van der Waals surface area contributed by atoms with Gasteiger partial charge in [-0.2, -0.15) is 0 Å². The van der Waals surface area contributed by atoms with Crippen molar-refractivity contribution >= 4 is 5.90 Å². The second-order valence-electron chi connectivity index (χ2n) is 3.02. The van der Waals surface area contributed by atoms with Crippen LogP contribution in [0, 0.1) is 12.3 Å². The highest BCUT2D eigenvalue weighted by molar-refractivity contribution is 5.75. The molecule has 1 rings (SSSR count). The van der Waals surface area contributed by atoms with E-state index in [1.54, 1.807) is 0 Å². The molecular formula is C11H15NO. The third-order valence-corrected chi connectivity index (χ3v) is 1.77. The van der Waals surface area contributed by atoms with Crippen LogP contribution in [0.4, 0.5) is 0 Å². The largest absolute Gasteiger partial charge is 0.481 e. The second kappa shape index (κ2) is 4.65. The Balaban J connectivity index is 2.58. The molecule has 1 aromatic carbocycles. The summed E-state index contributed by atoms with van der Waals surface area (Å²) in [6, 6.07) is 8.14. The number of aryl methyl sites for hydroxylation is 1. The molecule has 2 nitrogen and oxygen atoms in total. The maximum absolute atomic E-state index is 7.47. The Labute approximate surface area is 79.1 Å². The van der Waals surface area contributed by atoms with E-state index in [4.69, 9.17) is 10.1 Å². The number of hydrogen-bond donors (Lipinski definition) is 1. The normalized spacial score (nSPS) is 9.69. The van der Waals surface area contributed by atoms with E-state index < -0.39 is 0 Å². The third kappa shape index (κ3) is 3.28. The van der Waals surface area contributed by atoms with Gasteiger partial charge < -0.3 is 4.74 Å². The molecule has 0 unspecified atom stereocenters. The maximum Gasteiger partial charge on any atom is 0.184 e. The van der Waals surface area contributed by atoms with Gasteiger partial charge in [-0.05, 0) is 19.4 Å². The SMILES string of the molecule is CCOC(=N)Cc1cccc(C)c1. The van der Waals surface area contributed by atoms with Gasteiger partial charge in [-0.3, -0.25) is 5.41 Å². The van der Waals surface area contributed by atoms with Crippen LogP contribution in [0.1, 0.15) is 18.1 Å². The molecule has 13 heavy (non-hydrogen) atoms. The second-order valence-corrected chi connectivity index (χ2v) is 3.02. The highest BCUT2D eigenvalue weighted by atomic mass is 16.5. The molecule has 2 heteroatoms. The Morgan fingerprint density at radius 1 is 1.46 bits per heavy atom. The zero-order chi connectivity index (χ0) is 9.68. The molecule has 0 heterocycles. The van der Waals surface area contributed by atoms with Crippen LogP contribution in [0.25, 0.3) is 0 Å². The summed E-state index contributed by atoms with van der Waals surface area (Å²) in [5.74, 6) is 0.341. The van der Waals surface area contributed by atoms with Crippen molar-refractivity contribution < 1.29 is 4.74 Å². The summed E-state index contributed by atoms with van der Waals surface area (Å²) in [6.45, 7) is 4.52. The van der Waals surface area contributed by atoms with Gasteiger partial charge >= 0.3 is 0 Å². The van der Waals surface area contributed by atoms with Gasteiger partial charge in [0.15, 0.2) is 5.90 Å². The number of benzene rings is 1. The van der Waals surface area contributed by atoms with Gasteiger partial charge in [0, 0.05) is 6.42 Å². The van der Waals surface area contributed by atoms with Gasteiger partial charge in [0.25, 0.3) is 0 Å². The van der Waals surface area contributed by atoms with Gasteiger partial charge in [-0.15, -0.1) is 0 Å². The van der Waals surface area contributed by atoms with Crippen LogP contribution in [-0.4, -0.2) is 12.5 Å². The Bertz CT molecular complexity index is 294. The predicted octanol–water partition coefficient (Wildman–Crippen LogP) is 2.55. The summed E-state index contributed by atoms with van der Waals surface area (Å²) < 4.78 is 5.07. The smallest absolute Gasteiger partial charge is 0.184 e. The highest BCUT2D eigenvalue weighted by Gasteiger charge is 1.99. The molecule has 0 aliphatic rings. The summed E-state index contributed by atoms with van der Waals surface area (Å²) in [5, 5.41) is 7.47. The summed E-state index contributed by atoms with van der Waals surface area (Å²) in [6.07, 6.45) is 0.593. The average Bonchev–Trinajstić information content (AvgIpc) is 2.04. The van der Waals surface area contributed by atoms with Crippen LogP contribution in [0.15, 0.2) is 24.3 Å². The fourth-order valence-electron chi connectivity index (χ4n) is 1.23. The van der Waals surface area contributed by atoms with E-state index in [1.807, 2.05) is 32.0 Å². The Kier molecular flexibility index (Phi) is 3.50. The van der Waals surface area contributed by atoms with Crippen molar-refractivity contribution in [3.05, 3.63) is 35.4 Å². The molecule has 0 radical (unpaired) electrons. The molecular weight excluding hydrogens is 162 g/mol. The lowest BCUT2D eigenvalue weighted by Crippen LogP contribution is -2.06. The summed E-state index contributed by atoms with van der Waals surface area (Å²) in [4.78, 5) is 0. The van der Waals surface area contributed by atoms with Gasteiger partial charge in [0.2, 0.25) is 0 Å². The quantitative estimate of drug-likeness (QED) is 0.558. The van der Waals surface area contributed by atoms with Crippen molar-refractivity contribution in [2.24, 2.45) is 0 Å². The number of nitrogens with one attached hydrogen (secondary N) is 1. The number of ether oxygens (including phenoxy) is 1. The molecule has 0 aromatic heterocycles. The fraction of sp³-hybridized carbons (Fsp3) is 0.364. The summed E-state index contributed by atoms with van der Waals surface area (Å²) >= 11 is 0. The van der Waals surface area contributed by atoms with Crippen LogP contribution < -0.4 is 0 Å². The predicted molar refractivity (Wildman–Crippen MR) is 54.2 cm³/mol. The molecule has 0 saturated heterocycles. The molecule has 0 spiro atoms. The molecule has 0 atom stereocenters. The minimum absolute atomic E-state index is 0.341. The summed E-state index contributed by atoms with van der Waals surface area (Å²) in [5.41, 5.74) is 2.36. The number of hydrogen-bond acceptors (Lipinski definition) is 2. The first-order valence-electron chi connectivity index (χ1n) is 4.48. The molecule has 0 fully saturated rings. The van der Waals surface area contributed by atoms with Crippen LogP contribution in [-0.2, 0) is 11.2 Å². The fourth-order valence-corrected chi connectivity index (χ4v) is 1.23. The number of rotatable bonds is 3. The van der Waals surface area contributed by atoms with Crippen LogP contribution in [0.5, 0.6) is 0 Å². The molecule has 0 bridgehead atoms. The van der Waals surface area contributed by atoms with Gasteiger partial charge in [0.05, 0.1) is 6.61 Å². The first-order valence-corrected chi connectivity index (χ1v) is 4.48. The Morgan fingerprint density at radius 3 is 2.85 bits per heavy atom. The summed E-state index contributed by atoms with van der Waals surface area (Å²) in [7, 11) is 0. The van der Waals surface area contributed by atoms with E-state index in [-0.39, 0.29) is 0 Å². The maximum atomic E-state index is 7.47. The molecule has 1 aromatic rings. The highest BCUT2D eigenvalue weighted by Crippen LogP contribution is 2.05. The van der Waals surface area contributed by atoms with E-state index in [0.717, 1.165) is 5.56 Å². The van der Waals surface area contributed by atoms with Crippen molar-refractivity contribution in [1.29, 1.82) is 5.41 Å². The molecule has 0 aliphatic heterocycles. The first-order chi connectivity index (χ1) is 6.22. The minimum atomic E-state index is 0.341. The Morgan fingerprint density at radius 2 is 2.23 bits per heavy atom. The molecule has 1 N–H and O–H groups in total. The van der Waals surface area contributed by atoms with Gasteiger partial charge in [-0.25, -0.2) is 0 Å². The lowest BCUT2D eigenvalue weighted by Gasteiger charge is -2.05. The van der Waals surface area contributed by atoms with Gasteiger partial charge in [-0.1, -0.05) is 29.8 Å². The molecule has 0 saturated carbocycles. The lowest BCUT2D eigenvalue weighted by atomic mass is 10.1. The van der Waals surface area contributed by atoms with E-state index in [1.165, 1.54) is 5.56 Å². The Hall–Kier alpha value is -1.31. The van der Waals surface area contributed by atoms with Crippen molar-refractivity contribution in [2.75, 3.05) is 6.61 Å². The van der Waals surface area contributed by atoms with Crippen LogP contribution >= 0.6 is 0 Å². The van der Waals surface area contributed by atoms with E-state index in [2.05, 4.69) is 6.07 Å². The molecule has 70 valence electrons. The topological polar surface area (TPSA) is 33.1 Å². The van der Waals surface area contributed by atoms with Crippen molar-refractivity contribution in [3.63, 3.8) is 0 Å². The van der Waals surface area contributed by atoms with Crippen LogP contribution in [0.2, 0.25) is 0 Å². The lowest BCUT2D eigenvalue weighted by molar-refractivity contribution is 0.317. The van der Waals surface area contributed by atoms with Crippen molar-refractivity contribution in [3.8, 4) is 0 Å². The zero-order valence-electron chi connectivity index (χ0n) is 8.13. The van der Waals surface area contributed by atoms with Crippen molar-refractivity contribution in [1.82, 2.24) is 0 Å². The van der Waals surface area contributed by atoms with E-state index in [9.17, 15) is 0 Å². The standard InChI is InChI=1S/C11H15NO/c1-3-13-11(12)8-10-6-4-5-9(2)7-10/h4-7,12H,3,8H2,1-2H3. The molecule has 0 amide bonds. The zero-order valence-corrected chi connectivity index (χ0v) is 8.13. The van der Waals surface area contributed by atoms with Crippen LogP contribution in [0.3, 0.4) is 0 Å². The molecule has 0 aliphatic carbocycles. The van der Waals surface area contributed by atoms with E-state index in [0.29, 0.717) is 18.9 Å². The monoisotopic (exact) mass is 177 g/mol. The van der Waals surface area contributed by atoms with E-state index >= 15 is 0 Å². The average molecular weight is 177 g/mol. The van der Waals surface area contributed by atoms with Gasteiger partial charge in [0.1, 0.15) is 0 Å².